The third-order valence-electron chi connectivity index (χ3n) is 3.89. The van der Waals surface area contributed by atoms with Crippen LogP contribution >= 0.6 is 0 Å². The summed E-state index contributed by atoms with van der Waals surface area (Å²) in [6, 6.07) is 18.0. The van der Waals surface area contributed by atoms with Crippen molar-refractivity contribution in [2.75, 3.05) is 13.7 Å². The van der Waals surface area contributed by atoms with Crippen LogP contribution in [0, 0.1) is 0 Å². The molecule has 0 unspecified atom stereocenters. The van der Waals surface area contributed by atoms with Gasteiger partial charge in [0.05, 0.1) is 13.7 Å². The van der Waals surface area contributed by atoms with Gasteiger partial charge in [0.1, 0.15) is 11.5 Å². The highest BCUT2D eigenvalue weighted by atomic mass is 16.5. The van der Waals surface area contributed by atoms with Gasteiger partial charge in [-0.25, -0.2) is 9.59 Å². The molecule has 0 saturated heterocycles. The summed E-state index contributed by atoms with van der Waals surface area (Å²) >= 11 is 0. The first-order valence-corrected chi connectivity index (χ1v) is 8.19. The largest absolute Gasteiger partial charge is 0.497 e. The Bertz CT molecular complexity index is 956. The first-order chi connectivity index (χ1) is 12.6. The minimum Gasteiger partial charge on any atom is -0.497 e. The molecule has 0 fully saturated rings. The predicted molar refractivity (Wildman–Crippen MR) is 98.4 cm³/mol. The van der Waals surface area contributed by atoms with Crippen LogP contribution in [-0.2, 0) is 4.74 Å². The summed E-state index contributed by atoms with van der Waals surface area (Å²) in [7, 11) is 1.57. The van der Waals surface area contributed by atoms with E-state index in [9.17, 15) is 9.59 Å². The second kappa shape index (κ2) is 7.70. The van der Waals surface area contributed by atoms with E-state index < -0.39 is 11.6 Å². The van der Waals surface area contributed by atoms with E-state index in [-0.39, 0.29) is 12.2 Å². The number of methoxy groups -OCH3 is 1. The summed E-state index contributed by atoms with van der Waals surface area (Å²) in [5.74, 6) is 0.360. The Kier molecular flexibility index (Phi) is 5.17. The highest BCUT2D eigenvalue weighted by Crippen LogP contribution is 2.29. The van der Waals surface area contributed by atoms with E-state index in [0.717, 1.165) is 5.56 Å². The average Bonchev–Trinajstić information content (AvgIpc) is 2.68. The summed E-state index contributed by atoms with van der Waals surface area (Å²) in [5.41, 5.74) is 1.06. The van der Waals surface area contributed by atoms with Gasteiger partial charge in [-0.3, -0.25) is 0 Å². The molecule has 0 N–H and O–H groups in total. The molecule has 5 heteroatoms. The summed E-state index contributed by atoms with van der Waals surface area (Å²) in [6.07, 6.45) is 0. The first-order valence-electron chi connectivity index (χ1n) is 8.19. The molecule has 3 rings (SSSR count). The maximum Gasteiger partial charge on any atom is 0.351 e. The molecular weight excluding hydrogens is 332 g/mol. The van der Waals surface area contributed by atoms with Gasteiger partial charge in [0, 0.05) is 11.1 Å². The zero-order valence-electron chi connectivity index (χ0n) is 14.5. The van der Waals surface area contributed by atoms with Crippen LogP contribution in [0.4, 0.5) is 0 Å². The summed E-state index contributed by atoms with van der Waals surface area (Å²) < 4.78 is 15.6. The Morgan fingerprint density at radius 3 is 2.31 bits per heavy atom. The molecule has 0 aliphatic carbocycles. The predicted octanol–water partition coefficient (Wildman–Crippen LogP) is 4.16. The molecule has 1 heterocycles. The number of hydrogen-bond acceptors (Lipinski definition) is 5. The summed E-state index contributed by atoms with van der Waals surface area (Å²) in [5, 5.41) is 0. The molecule has 0 atom stereocenters. The number of hydrogen-bond donors (Lipinski definition) is 0. The van der Waals surface area contributed by atoms with Gasteiger partial charge in [0.2, 0.25) is 0 Å². The van der Waals surface area contributed by atoms with Gasteiger partial charge in [0.15, 0.2) is 5.56 Å². The van der Waals surface area contributed by atoms with Crippen LogP contribution in [-0.4, -0.2) is 19.7 Å². The van der Waals surface area contributed by atoms with E-state index in [4.69, 9.17) is 13.9 Å². The second-order valence-corrected chi connectivity index (χ2v) is 5.50. The molecule has 26 heavy (non-hydrogen) atoms. The Hall–Kier alpha value is -3.34. The Morgan fingerprint density at radius 2 is 1.69 bits per heavy atom. The molecule has 0 aliphatic heterocycles. The molecular formula is C21H18O5. The molecule has 5 nitrogen and oxygen atoms in total. The Morgan fingerprint density at radius 1 is 1.00 bits per heavy atom. The van der Waals surface area contributed by atoms with E-state index in [1.54, 1.807) is 44.4 Å². The van der Waals surface area contributed by atoms with Crippen molar-refractivity contribution in [3.8, 4) is 28.2 Å². The van der Waals surface area contributed by atoms with Crippen LogP contribution in [0.25, 0.3) is 22.5 Å². The number of rotatable bonds is 5. The molecule has 0 saturated carbocycles. The maximum atomic E-state index is 12.6. The molecule has 0 aliphatic rings. The lowest BCUT2D eigenvalue weighted by molar-refractivity contribution is 0.0522. The molecule has 0 radical (unpaired) electrons. The van der Waals surface area contributed by atoms with Gasteiger partial charge in [-0.2, -0.15) is 0 Å². The standard InChI is InChI=1S/C21H18O5/c1-3-25-20(22)19-17(14-9-11-16(24-2)12-10-14)13-18(26-21(19)23)15-7-5-4-6-8-15/h4-13H,3H2,1-2H3. The number of ether oxygens (including phenoxy) is 2. The third kappa shape index (κ3) is 3.52. The van der Waals surface area contributed by atoms with Gasteiger partial charge >= 0.3 is 11.6 Å². The molecule has 132 valence electrons. The summed E-state index contributed by atoms with van der Waals surface area (Å²) in [6.45, 7) is 1.85. The number of carbonyl (C=O) groups is 1. The van der Waals surface area contributed by atoms with Gasteiger partial charge in [-0.1, -0.05) is 42.5 Å². The van der Waals surface area contributed by atoms with Crippen molar-refractivity contribution < 1.29 is 18.7 Å². The lowest BCUT2D eigenvalue weighted by Gasteiger charge is -2.11. The van der Waals surface area contributed by atoms with Gasteiger partial charge in [-0.05, 0) is 30.7 Å². The molecule has 1 aromatic heterocycles. The zero-order valence-corrected chi connectivity index (χ0v) is 14.5. The fourth-order valence-corrected chi connectivity index (χ4v) is 2.63. The number of carbonyl (C=O) groups excluding carboxylic acids is 1. The third-order valence-corrected chi connectivity index (χ3v) is 3.89. The number of esters is 1. The Labute approximate surface area is 150 Å². The smallest absolute Gasteiger partial charge is 0.351 e. The monoisotopic (exact) mass is 350 g/mol. The SMILES string of the molecule is CCOC(=O)c1c(-c2ccc(OC)cc2)cc(-c2ccccc2)oc1=O. The van der Waals surface area contributed by atoms with Crippen LogP contribution in [0.2, 0.25) is 0 Å². The van der Waals surface area contributed by atoms with Crippen molar-refractivity contribution in [1.29, 1.82) is 0 Å². The van der Waals surface area contributed by atoms with Crippen LogP contribution in [0.3, 0.4) is 0 Å². The van der Waals surface area contributed by atoms with Crippen molar-refractivity contribution in [2.24, 2.45) is 0 Å². The van der Waals surface area contributed by atoms with Gasteiger partial charge < -0.3 is 13.9 Å². The van der Waals surface area contributed by atoms with Crippen molar-refractivity contribution in [3.63, 3.8) is 0 Å². The Balaban J connectivity index is 2.21. The van der Waals surface area contributed by atoms with Crippen LogP contribution < -0.4 is 10.4 Å². The summed E-state index contributed by atoms with van der Waals surface area (Å²) in [4.78, 5) is 24.9. The second-order valence-electron chi connectivity index (χ2n) is 5.50. The van der Waals surface area contributed by atoms with Crippen molar-refractivity contribution in [2.45, 2.75) is 6.92 Å². The molecule has 0 spiro atoms. The van der Waals surface area contributed by atoms with E-state index in [1.807, 2.05) is 30.3 Å². The minimum atomic E-state index is -0.726. The van der Waals surface area contributed by atoms with Crippen LogP contribution in [0.5, 0.6) is 5.75 Å². The lowest BCUT2D eigenvalue weighted by Crippen LogP contribution is -2.18. The van der Waals surface area contributed by atoms with Crippen molar-refractivity contribution in [1.82, 2.24) is 0 Å². The first kappa shape index (κ1) is 17.5. The van der Waals surface area contributed by atoms with Crippen LogP contribution in [0.1, 0.15) is 17.3 Å². The van der Waals surface area contributed by atoms with E-state index >= 15 is 0 Å². The van der Waals surface area contributed by atoms with Gasteiger partial charge in [-0.15, -0.1) is 0 Å². The molecule has 0 bridgehead atoms. The number of benzene rings is 2. The fraction of sp³-hybridized carbons (Fsp3) is 0.143. The quantitative estimate of drug-likeness (QED) is 0.647. The lowest BCUT2D eigenvalue weighted by atomic mass is 9.99. The zero-order chi connectivity index (χ0) is 18.5. The molecule has 0 amide bonds. The van der Waals surface area contributed by atoms with Crippen LogP contribution in [0.15, 0.2) is 69.9 Å². The normalized spacial score (nSPS) is 10.4. The topological polar surface area (TPSA) is 65.7 Å². The fourth-order valence-electron chi connectivity index (χ4n) is 2.63. The average molecular weight is 350 g/mol. The highest BCUT2D eigenvalue weighted by Gasteiger charge is 2.22. The minimum absolute atomic E-state index is 0.114. The van der Waals surface area contributed by atoms with E-state index in [2.05, 4.69) is 0 Å². The van der Waals surface area contributed by atoms with Gasteiger partial charge in [0.25, 0.3) is 0 Å². The van der Waals surface area contributed by atoms with E-state index in [0.29, 0.717) is 22.6 Å². The van der Waals surface area contributed by atoms with Crippen molar-refractivity contribution in [3.05, 3.63) is 76.6 Å². The van der Waals surface area contributed by atoms with E-state index in [1.165, 1.54) is 0 Å². The maximum absolute atomic E-state index is 12.6. The molecule has 3 aromatic rings. The van der Waals surface area contributed by atoms with Crippen molar-refractivity contribution >= 4 is 5.97 Å². The molecule has 2 aromatic carbocycles. The highest BCUT2D eigenvalue weighted by molar-refractivity contribution is 5.97.